The molecule has 1 aliphatic heterocycles. The highest BCUT2D eigenvalue weighted by Crippen LogP contribution is 2.30. The number of nitrogens with one attached hydrogen (secondary N) is 1. The largest absolute Gasteiger partial charge is 0.472 e. The number of rotatable bonds is 6. The van der Waals surface area contributed by atoms with Gasteiger partial charge in [-0.1, -0.05) is 6.92 Å². The molecule has 0 spiro atoms. The molecule has 1 atom stereocenters. The van der Waals surface area contributed by atoms with Crippen molar-refractivity contribution in [1.82, 2.24) is 4.90 Å². The van der Waals surface area contributed by atoms with E-state index in [1.165, 1.54) is 23.9 Å². The van der Waals surface area contributed by atoms with Gasteiger partial charge in [-0.2, -0.15) is 0 Å². The van der Waals surface area contributed by atoms with Crippen LogP contribution in [0.4, 0.5) is 5.00 Å². The molecular formula is C20H24N2O5S. The summed E-state index contributed by atoms with van der Waals surface area (Å²) < 4.78 is 10.1. The average Bonchev–Trinajstić information content (AvgIpc) is 3.37. The molecule has 0 aliphatic carbocycles. The van der Waals surface area contributed by atoms with Crippen LogP contribution in [0.15, 0.2) is 29.1 Å². The zero-order valence-electron chi connectivity index (χ0n) is 16.0. The van der Waals surface area contributed by atoms with E-state index in [0.29, 0.717) is 35.6 Å². The fourth-order valence-corrected chi connectivity index (χ4v) is 4.22. The number of hydrogen-bond donors (Lipinski definition) is 1. The first-order valence-electron chi connectivity index (χ1n) is 9.45. The highest BCUT2D eigenvalue weighted by molar-refractivity contribution is 7.16. The van der Waals surface area contributed by atoms with Crippen LogP contribution in [-0.4, -0.2) is 42.4 Å². The van der Waals surface area contributed by atoms with Crippen molar-refractivity contribution in [2.24, 2.45) is 5.92 Å². The molecule has 3 rings (SSSR count). The fraction of sp³-hybridized carbons (Fsp3) is 0.450. The topological polar surface area (TPSA) is 88.9 Å². The minimum atomic E-state index is -0.436. The number of furan rings is 1. The Kier molecular flexibility index (Phi) is 6.51. The lowest BCUT2D eigenvalue weighted by Gasteiger charge is -2.31. The van der Waals surface area contributed by atoms with Crippen LogP contribution in [0, 0.1) is 5.92 Å². The molecule has 0 saturated carbocycles. The quantitative estimate of drug-likeness (QED) is 0.744. The molecule has 0 bridgehead atoms. The summed E-state index contributed by atoms with van der Waals surface area (Å²) in [5.74, 6) is -1.08. The third kappa shape index (κ3) is 4.44. The monoisotopic (exact) mass is 404 g/mol. The fourth-order valence-electron chi connectivity index (χ4n) is 3.23. The number of aryl methyl sites for hydroxylation is 1. The van der Waals surface area contributed by atoms with Gasteiger partial charge in [0.05, 0.1) is 29.9 Å². The maximum absolute atomic E-state index is 12.8. The van der Waals surface area contributed by atoms with Crippen LogP contribution in [0.5, 0.6) is 0 Å². The summed E-state index contributed by atoms with van der Waals surface area (Å²) >= 11 is 1.39. The first kappa shape index (κ1) is 20.1. The molecule has 1 aliphatic rings. The molecule has 2 amide bonds. The number of ether oxygens (including phenoxy) is 1. The van der Waals surface area contributed by atoms with Crippen molar-refractivity contribution in [1.29, 1.82) is 0 Å². The number of carbonyl (C=O) groups excluding carboxylic acids is 3. The van der Waals surface area contributed by atoms with Gasteiger partial charge in [0, 0.05) is 18.0 Å². The molecule has 3 heterocycles. The number of amides is 2. The van der Waals surface area contributed by atoms with Crippen LogP contribution in [-0.2, 0) is 16.0 Å². The Labute approximate surface area is 167 Å². The molecule has 2 aromatic heterocycles. The highest BCUT2D eigenvalue weighted by atomic mass is 32.1. The van der Waals surface area contributed by atoms with Gasteiger partial charge in [0.15, 0.2) is 0 Å². The van der Waals surface area contributed by atoms with E-state index in [4.69, 9.17) is 9.15 Å². The van der Waals surface area contributed by atoms with Gasteiger partial charge in [0.1, 0.15) is 11.3 Å². The summed E-state index contributed by atoms with van der Waals surface area (Å²) in [6.07, 6.45) is 5.08. The van der Waals surface area contributed by atoms with E-state index in [9.17, 15) is 14.4 Å². The number of esters is 1. The minimum absolute atomic E-state index is 0.136. The van der Waals surface area contributed by atoms with Crippen LogP contribution < -0.4 is 5.32 Å². The van der Waals surface area contributed by atoms with Crippen molar-refractivity contribution in [3.05, 3.63) is 40.7 Å². The van der Waals surface area contributed by atoms with Gasteiger partial charge in [-0.05, 0) is 38.3 Å². The third-order valence-electron chi connectivity index (χ3n) is 4.71. The summed E-state index contributed by atoms with van der Waals surface area (Å²) in [6.45, 7) is 4.97. The molecule has 1 saturated heterocycles. The van der Waals surface area contributed by atoms with E-state index in [0.717, 1.165) is 17.7 Å². The standard InChI is InChI=1S/C20H24N2O5S/c1-3-15-10-16(20(25)27-4-2)18(28-15)21-17(23)13-6-5-8-22(11-13)19(24)14-7-9-26-12-14/h7,9-10,12-13H,3-6,8,11H2,1-2H3,(H,21,23). The molecule has 150 valence electrons. The number of thiophene rings is 1. The van der Waals surface area contributed by atoms with Crippen LogP contribution in [0.25, 0.3) is 0 Å². The number of likely N-dealkylation sites (tertiary alicyclic amines) is 1. The number of anilines is 1. The van der Waals surface area contributed by atoms with Gasteiger partial charge in [0.25, 0.3) is 5.91 Å². The molecule has 7 nitrogen and oxygen atoms in total. The molecule has 1 N–H and O–H groups in total. The Morgan fingerprint density at radius 3 is 2.86 bits per heavy atom. The van der Waals surface area contributed by atoms with Crippen molar-refractivity contribution >= 4 is 34.1 Å². The molecule has 28 heavy (non-hydrogen) atoms. The molecule has 0 aromatic carbocycles. The highest BCUT2D eigenvalue weighted by Gasteiger charge is 2.30. The summed E-state index contributed by atoms with van der Waals surface area (Å²) in [5, 5.41) is 3.40. The summed E-state index contributed by atoms with van der Waals surface area (Å²) in [7, 11) is 0. The summed E-state index contributed by atoms with van der Waals surface area (Å²) in [5.41, 5.74) is 0.871. The summed E-state index contributed by atoms with van der Waals surface area (Å²) in [4.78, 5) is 40.2. The average molecular weight is 404 g/mol. The Morgan fingerprint density at radius 1 is 1.36 bits per heavy atom. The second-order valence-corrected chi connectivity index (χ2v) is 7.76. The van der Waals surface area contributed by atoms with Gasteiger partial charge in [-0.15, -0.1) is 11.3 Å². The summed E-state index contributed by atoms with van der Waals surface area (Å²) in [6, 6.07) is 3.39. The Bertz CT molecular complexity index is 843. The van der Waals surface area contributed by atoms with E-state index >= 15 is 0 Å². The number of nitrogens with zero attached hydrogens (tertiary/aromatic N) is 1. The van der Waals surface area contributed by atoms with Crippen LogP contribution in [0.1, 0.15) is 52.3 Å². The first-order valence-corrected chi connectivity index (χ1v) is 10.3. The van der Waals surface area contributed by atoms with Crippen molar-refractivity contribution < 1.29 is 23.5 Å². The second-order valence-electron chi connectivity index (χ2n) is 6.62. The number of piperidine rings is 1. The lowest BCUT2D eigenvalue weighted by Crippen LogP contribution is -2.43. The molecule has 0 radical (unpaired) electrons. The Morgan fingerprint density at radius 2 is 2.18 bits per heavy atom. The van der Waals surface area contributed by atoms with Gasteiger partial charge >= 0.3 is 5.97 Å². The van der Waals surface area contributed by atoms with Crippen molar-refractivity contribution in [3.63, 3.8) is 0 Å². The third-order valence-corrected chi connectivity index (χ3v) is 5.91. The van der Waals surface area contributed by atoms with E-state index in [-0.39, 0.29) is 24.3 Å². The Hall–Kier alpha value is -2.61. The lowest BCUT2D eigenvalue weighted by atomic mass is 9.96. The van der Waals surface area contributed by atoms with Crippen molar-refractivity contribution in [3.8, 4) is 0 Å². The minimum Gasteiger partial charge on any atom is -0.472 e. The second kappa shape index (κ2) is 9.05. The first-order chi connectivity index (χ1) is 13.5. The van der Waals surface area contributed by atoms with Crippen molar-refractivity contribution in [2.45, 2.75) is 33.1 Å². The molecule has 8 heteroatoms. The Balaban J connectivity index is 1.70. The van der Waals surface area contributed by atoms with E-state index < -0.39 is 5.97 Å². The normalized spacial score (nSPS) is 16.6. The van der Waals surface area contributed by atoms with Gasteiger partial charge in [0.2, 0.25) is 5.91 Å². The maximum Gasteiger partial charge on any atom is 0.341 e. The van der Waals surface area contributed by atoms with E-state index in [2.05, 4.69) is 5.32 Å². The number of hydrogen-bond acceptors (Lipinski definition) is 6. The van der Waals surface area contributed by atoms with Crippen molar-refractivity contribution in [2.75, 3.05) is 25.0 Å². The predicted molar refractivity (Wildman–Crippen MR) is 106 cm³/mol. The van der Waals surface area contributed by atoms with Crippen LogP contribution in [0.2, 0.25) is 0 Å². The smallest absolute Gasteiger partial charge is 0.341 e. The molecular weight excluding hydrogens is 380 g/mol. The van der Waals surface area contributed by atoms with Gasteiger partial charge in [-0.25, -0.2) is 4.79 Å². The van der Waals surface area contributed by atoms with Crippen LogP contribution in [0.3, 0.4) is 0 Å². The maximum atomic E-state index is 12.8. The van der Waals surface area contributed by atoms with E-state index in [1.54, 1.807) is 24.0 Å². The van der Waals surface area contributed by atoms with Crippen LogP contribution >= 0.6 is 11.3 Å². The molecule has 1 fully saturated rings. The van der Waals surface area contributed by atoms with E-state index in [1.807, 2.05) is 6.92 Å². The van der Waals surface area contributed by atoms with Gasteiger partial charge < -0.3 is 19.4 Å². The lowest BCUT2D eigenvalue weighted by molar-refractivity contribution is -0.121. The van der Waals surface area contributed by atoms with Gasteiger partial charge in [-0.3, -0.25) is 9.59 Å². The predicted octanol–water partition coefficient (Wildman–Crippen LogP) is 3.57. The zero-order chi connectivity index (χ0) is 20.1. The molecule has 2 aromatic rings. The SMILES string of the molecule is CCOC(=O)c1cc(CC)sc1NC(=O)C1CCCN(C(=O)c2ccoc2)C1. The molecule has 1 unspecified atom stereocenters. The zero-order valence-corrected chi connectivity index (χ0v) is 16.8. The number of carbonyl (C=O) groups is 3.